The van der Waals surface area contributed by atoms with E-state index in [0.29, 0.717) is 13.2 Å². The molecule has 2 aromatic carbocycles. The molecule has 1 aromatic heterocycles. The van der Waals surface area contributed by atoms with Gasteiger partial charge in [-0.15, -0.1) is 5.10 Å². The number of hydrogen-bond donors (Lipinski definition) is 1. The molecule has 0 saturated carbocycles. The fraction of sp³-hybridized carbons (Fsp3) is 0.316. The number of para-hydroxylation sites is 1. The maximum absolute atomic E-state index is 5.69. The topological polar surface area (TPSA) is 74.1 Å². The zero-order chi connectivity index (χ0) is 18.0. The van der Waals surface area contributed by atoms with E-state index in [9.17, 15) is 0 Å². The second kappa shape index (κ2) is 6.67. The van der Waals surface area contributed by atoms with E-state index < -0.39 is 5.54 Å². The molecule has 0 bridgehead atoms. The third kappa shape index (κ3) is 2.96. The first-order valence-corrected chi connectivity index (χ1v) is 8.72. The summed E-state index contributed by atoms with van der Waals surface area (Å²) < 4.78 is 13.1. The molecule has 1 atom stereocenters. The van der Waals surface area contributed by atoms with Crippen molar-refractivity contribution in [3.63, 3.8) is 0 Å². The lowest BCUT2D eigenvalue weighted by molar-refractivity contribution is 0.171. The van der Waals surface area contributed by atoms with Crippen LogP contribution >= 0.6 is 0 Å². The molecule has 7 heteroatoms. The Hall–Kier alpha value is -3.09. The molecule has 0 fully saturated rings. The van der Waals surface area contributed by atoms with Gasteiger partial charge in [0.2, 0.25) is 0 Å². The lowest BCUT2D eigenvalue weighted by Crippen LogP contribution is -2.34. The highest BCUT2D eigenvalue weighted by molar-refractivity contribution is 5.56. The van der Waals surface area contributed by atoms with Crippen LogP contribution in [0.15, 0.2) is 48.5 Å². The second-order valence-electron chi connectivity index (χ2n) is 6.42. The predicted octanol–water partition coefficient (Wildman–Crippen LogP) is 3.17. The quantitative estimate of drug-likeness (QED) is 0.761. The molecule has 0 amide bonds. The summed E-state index contributed by atoms with van der Waals surface area (Å²) in [6, 6.07) is 15.8. The number of anilines is 1. The molecule has 1 N–H and O–H groups in total. The highest BCUT2D eigenvalue weighted by atomic mass is 16.6. The first-order chi connectivity index (χ1) is 12.7. The van der Waals surface area contributed by atoms with Crippen LogP contribution in [-0.4, -0.2) is 33.4 Å². The Labute approximate surface area is 151 Å². The van der Waals surface area contributed by atoms with Crippen molar-refractivity contribution in [2.75, 3.05) is 18.5 Å². The first kappa shape index (κ1) is 16.4. The molecule has 0 unspecified atom stereocenters. The monoisotopic (exact) mass is 351 g/mol. The average Bonchev–Trinajstić information content (AvgIpc) is 3.19. The average molecular weight is 351 g/mol. The summed E-state index contributed by atoms with van der Waals surface area (Å²) in [4.78, 5) is 0. The summed E-state index contributed by atoms with van der Waals surface area (Å²) >= 11 is 0. The van der Waals surface area contributed by atoms with Crippen LogP contribution in [0.5, 0.6) is 11.5 Å². The number of nitrogens with zero attached hydrogens (tertiary/aromatic N) is 4. The van der Waals surface area contributed by atoms with Crippen molar-refractivity contribution in [1.29, 1.82) is 0 Å². The van der Waals surface area contributed by atoms with E-state index in [4.69, 9.17) is 9.47 Å². The fourth-order valence-corrected chi connectivity index (χ4v) is 3.02. The van der Waals surface area contributed by atoms with Gasteiger partial charge in [0.05, 0.1) is 11.2 Å². The molecule has 0 saturated heterocycles. The zero-order valence-corrected chi connectivity index (χ0v) is 14.8. The lowest BCUT2D eigenvalue weighted by Gasteiger charge is -2.30. The van der Waals surface area contributed by atoms with Gasteiger partial charge in [-0.25, -0.2) is 0 Å². The van der Waals surface area contributed by atoms with Gasteiger partial charge in [-0.3, -0.25) is 0 Å². The number of nitrogens with one attached hydrogen (secondary N) is 1. The Balaban J connectivity index is 1.67. The minimum atomic E-state index is -0.455. The van der Waals surface area contributed by atoms with Crippen molar-refractivity contribution >= 4 is 5.69 Å². The molecule has 1 aliphatic rings. The largest absolute Gasteiger partial charge is 0.486 e. The molecule has 7 nitrogen and oxygen atoms in total. The van der Waals surface area contributed by atoms with Gasteiger partial charge in [0, 0.05) is 11.8 Å². The van der Waals surface area contributed by atoms with Crippen LogP contribution in [-0.2, 0) is 5.54 Å². The lowest BCUT2D eigenvalue weighted by atomic mass is 9.97. The molecule has 2 heterocycles. The van der Waals surface area contributed by atoms with Gasteiger partial charge in [-0.05, 0) is 48.0 Å². The van der Waals surface area contributed by atoms with E-state index in [1.807, 2.05) is 48.5 Å². The summed E-state index contributed by atoms with van der Waals surface area (Å²) in [5.74, 6) is 2.28. The summed E-state index contributed by atoms with van der Waals surface area (Å²) in [7, 11) is 0. The maximum atomic E-state index is 5.69. The minimum Gasteiger partial charge on any atom is -0.486 e. The van der Waals surface area contributed by atoms with Crippen molar-refractivity contribution in [2.45, 2.75) is 25.8 Å². The van der Waals surface area contributed by atoms with E-state index in [-0.39, 0.29) is 0 Å². The van der Waals surface area contributed by atoms with Crippen molar-refractivity contribution in [3.05, 3.63) is 54.4 Å². The molecular formula is C19H21N5O2. The number of fused-ring (bicyclic) bond motifs is 1. The normalized spacial score (nSPS) is 15.3. The predicted molar refractivity (Wildman–Crippen MR) is 97.9 cm³/mol. The standard InChI is InChI=1S/C19H21N5O2/c1-3-19(2,18-21-22-23-24(18)15-7-5-4-6-8-15)20-14-9-10-16-17(13-14)26-12-11-25-16/h4-10,13,20H,3,11-12H2,1-2H3/t19-/m0/s1. The number of benzene rings is 2. The Kier molecular flexibility index (Phi) is 4.20. The summed E-state index contributed by atoms with van der Waals surface area (Å²) in [6.45, 7) is 5.34. The molecule has 0 radical (unpaired) electrons. The van der Waals surface area contributed by atoms with E-state index in [1.165, 1.54) is 0 Å². The van der Waals surface area contributed by atoms with Gasteiger partial charge >= 0.3 is 0 Å². The van der Waals surface area contributed by atoms with Gasteiger partial charge in [0.1, 0.15) is 13.2 Å². The number of hydrogen-bond acceptors (Lipinski definition) is 6. The molecule has 4 rings (SSSR count). The van der Waals surface area contributed by atoms with Gasteiger partial charge < -0.3 is 14.8 Å². The third-order valence-corrected chi connectivity index (χ3v) is 4.63. The van der Waals surface area contributed by atoms with Crippen LogP contribution in [0.2, 0.25) is 0 Å². The molecule has 1 aliphatic heterocycles. The Morgan fingerprint density at radius 1 is 1.08 bits per heavy atom. The summed E-state index contributed by atoms with van der Waals surface area (Å²) in [5.41, 5.74) is 1.40. The Morgan fingerprint density at radius 3 is 2.62 bits per heavy atom. The number of rotatable bonds is 5. The zero-order valence-electron chi connectivity index (χ0n) is 14.8. The number of tetrazole rings is 1. The molecule has 134 valence electrons. The Bertz CT molecular complexity index is 896. The molecule has 0 aliphatic carbocycles. The maximum Gasteiger partial charge on any atom is 0.181 e. The van der Waals surface area contributed by atoms with Gasteiger partial charge in [0.25, 0.3) is 0 Å². The highest BCUT2D eigenvalue weighted by Crippen LogP contribution is 2.35. The van der Waals surface area contributed by atoms with E-state index >= 15 is 0 Å². The Morgan fingerprint density at radius 2 is 1.85 bits per heavy atom. The van der Waals surface area contributed by atoms with Crippen LogP contribution in [0.4, 0.5) is 5.69 Å². The van der Waals surface area contributed by atoms with E-state index in [2.05, 4.69) is 34.7 Å². The van der Waals surface area contributed by atoms with Crippen LogP contribution < -0.4 is 14.8 Å². The molecule has 26 heavy (non-hydrogen) atoms. The molecular weight excluding hydrogens is 330 g/mol. The molecule has 0 spiro atoms. The highest BCUT2D eigenvalue weighted by Gasteiger charge is 2.32. The number of aromatic nitrogens is 4. The van der Waals surface area contributed by atoms with Crippen molar-refractivity contribution < 1.29 is 9.47 Å². The van der Waals surface area contributed by atoms with E-state index in [1.54, 1.807) is 4.68 Å². The third-order valence-electron chi connectivity index (χ3n) is 4.63. The smallest absolute Gasteiger partial charge is 0.181 e. The van der Waals surface area contributed by atoms with Crippen LogP contribution in [0.1, 0.15) is 26.1 Å². The van der Waals surface area contributed by atoms with Crippen molar-refractivity contribution in [3.8, 4) is 17.2 Å². The van der Waals surface area contributed by atoms with Crippen molar-refractivity contribution in [2.24, 2.45) is 0 Å². The second-order valence-corrected chi connectivity index (χ2v) is 6.42. The van der Waals surface area contributed by atoms with Crippen LogP contribution in [0.25, 0.3) is 5.69 Å². The summed E-state index contributed by atoms with van der Waals surface area (Å²) in [6.07, 6.45) is 0.800. The summed E-state index contributed by atoms with van der Waals surface area (Å²) in [5, 5.41) is 16.0. The number of ether oxygens (including phenoxy) is 2. The van der Waals surface area contributed by atoms with Gasteiger partial charge in [-0.1, -0.05) is 25.1 Å². The van der Waals surface area contributed by atoms with Crippen molar-refractivity contribution in [1.82, 2.24) is 20.2 Å². The fourth-order valence-electron chi connectivity index (χ4n) is 3.02. The SMILES string of the molecule is CC[C@](C)(Nc1ccc2c(c1)OCCO2)c1nnnn1-c1ccccc1. The molecule has 3 aromatic rings. The minimum absolute atomic E-state index is 0.455. The first-order valence-electron chi connectivity index (χ1n) is 8.72. The van der Waals surface area contributed by atoms with Gasteiger partial charge in [0.15, 0.2) is 17.3 Å². The van der Waals surface area contributed by atoms with Gasteiger partial charge in [-0.2, -0.15) is 4.68 Å². The van der Waals surface area contributed by atoms with Crippen LogP contribution in [0, 0.1) is 0 Å². The van der Waals surface area contributed by atoms with Crippen LogP contribution in [0.3, 0.4) is 0 Å². The van der Waals surface area contributed by atoms with E-state index in [0.717, 1.165) is 35.1 Å².